The molecule has 16 heavy (non-hydrogen) atoms. The zero-order valence-electron chi connectivity index (χ0n) is 8.84. The second kappa shape index (κ2) is 3.76. The van der Waals surface area contributed by atoms with Crippen molar-refractivity contribution in [2.45, 2.75) is 6.92 Å². The Morgan fingerprint density at radius 2 is 2.31 bits per heavy atom. The molecule has 0 aromatic carbocycles. The lowest BCUT2D eigenvalue weighted by atomic mass is 10.4. The van der Waals surface area contributed by atoms with Crippen molar-refractivity contribution >= 4 is 23.1 Å². The first kappa shape index (κ1) is 10.3. The minimum atomic E-state index is -0.943. The minimum absolute atomic E-state index is 0.168. The average Bonchev–Trinajstić information content (AvgIpc) is 2.64. The molecule has 84 valence electrons. The molecule has 7 heteroatoms. The number of aryl methyl sites for hydroxylation is 1. The van der Waals surface area contributed by atoms with E-state index < -0.39 is 5.97 Å². The van der Waals surface area contributed by atoms with Gasteiger partial charge < -0.3 is 14.4 Å². The van der Waals surface area contributed by atoms with Gasteiger partial charge in [-0.25, -0.2) is 9.97 Å². The van der Waals surface area contributed by atoms with E-state index in [2.05, 4.69) is 15.0 Å². The summed E-state index contributed by atoms with van der Waals surface area (Å²) in [5.74, 6) is -0.634. The van der Waals surface area contributed by atoms with Gasteiger partial charge in [0.2, 0.25) is 5.95 Å². The summed E-state index contributed by atoms with van der Waals surface area (Å²) < 4.78 is 5.06. The molecule has 0 unspecified atom stereocenters. The smallest absolute Gasteiger partial charge is 0.323 e. The third-order valence-electron chi connectivity index (χ3n) is 2.07. The molecule has 0 atom stereocenters. The summed E-state index contributed by atoms with van der Waals surface area (Å²) in [6.45, 7) is 1.60. The molecule has 0 saturated heterocycles. The third-order valence-corrected chi connectivity index (χ3v) is 2.07. The molecule has 0 aliphatic rings. The van der Waals surface area contributed by atoms with Gasteiger partial charge in [-0.1, -0.05) is 0 Å². The maximum Gasteiger partial charge on any atom is 0.323 e. The van der Waals surface area contributed by atoms with Crippen molar-refractivity contribution in [2.75, 3.05) is 18.5 Å². The molecule has 2 aromatic heterocycles. The molecule has 0 amide bonds. The summed E-state index contributed by atoms with van der Waals surface area (Å²) in [6, 6.07) is 0. The van der Waals surface area contributed by atoms with Gasteiger partial charge in [0.1, 0.15) is 6.54 Å². The van der Waals surface area contributed by atoms with Crippen molar-refractivity contribution in [2.24, 2.45) is 0 Å². The highest BCUT2D eigenvalue weighted by molar-refractivity contribution is 5.74. The molecule has 0 bridgehead atoms. The van der Waals surface area contributed by atoms with Crippen LogP contribution < -0.4 is 4.90 Å². The van der Waals surface area contributed by atoms with Crippen LogP contribution in [0.3, 0.4) is 0 Å². The third kappa shape index (κ3) is 1.79. The van der Waals surface area contributed by atoms with Crippen LogP contribution in [0.25, 0.3) is 11.2 Å². The zero-order chi connectivity index (χ0) is 11.7. The summed E-state index contributed by atoms with van der Waals surface area (Å²) in [5.41, 5.74) is 1.61. The van der Waals surface area contributed by atoms with Gasteiger partial charge in [-0.05, 0) is 6.92 Å². The van der Waals surface area contributed by atoms with E-state index in [1.54, 1.807) is 14.0 Å². The van der Waals surface area contributed by atoms with Crippen molar-refractivity contribution in [3.8, 4) is 0 Å². The number of anilines is 1. The molecule has 0 fully saturated rings. The SMILES string of the molecule is Cc1nc(N(C)CC(=O)O)nc2ocnc12. The molecule has 0 radical (unpaired) electrons. The van der Waals surface area contributed by atoms with Gasteiger partial charge in [-0.3, -0.25) is 4.79 Å². The fourth-order valence-corrected chi connectivity index (χ4v) is 1.33. The monoisotopic (exact) mass is 222 g/mol. The summed E-state index contributed by atoms with van der Waals surface area (Å²) >= 11 is 0. The number of nitrogens with zero attached hydrogens (tertiary/aromatic N) is 4. The van der Waals surface area contributed by atoms with Gasteiger partial charge in [-0.2, -0.15) is 4.98 Å². The summed E-state index contributed by atoms with van der Waals surface area (Å²) in [5, 5.41) is 8.65. The molecule has 0 spiro atoms. The van der Waals surface area contributed by atoms with Crippen LogP contribution in [0.5, 0.6) is 0 Å². The Morgan fingerprint density at radius 3 is 3.00 bits per heavy atom. The topological polar surface area (TPSA) is 92.4 Å². The quantitative estimate of drug-likeness (QED) is 0.805. The zero-order valence-corrected chi connectivity index (χ0v) is 8.84. The van der Waals surface area contributed by atoms with Gasteiger partial charge in [0.15, 0.2) is 11.9 Å². The molecule has 1 N–H and O–H groups in total. The fraction of sp³-hybridized carbons (Fsp3) is 0.333. The number of aromatic nitrogens is 3. The average molecular weight is 222 g/mol. The van der Waals surface area contributed by atoms with Crippen LogP contribution in [-0.4, -0.2) is 39.6 Å². The van der Waals surface area contributed by atoms with Crippen LogP contribution in [0.4, 0.5) is 5.95 Å². The molecule has 0 saturated carbocycles. The predicted molar refractivity (Wildman–Crippen MR) is 55.2 cm³/mol. The van der Waals surface area contributed by atoms with E-state index in [4.69, 9.17) is 9.52 Å². The van der Waals surface area contributed by atoms with Crippen molar-refractivity contribution in [3.05, 3.63) is 12.1 Å². The highest BCUT2D eigenvalue weighted by atomic mass is 16.4. The van der Waals surface area contributed by atoms with Gasteiger partial charge in [-0.15, -0.1) is 0 Å². The van der Waals surface area contributed by atoms with Gasteiger partial charge in [0.25, 0.3) is 5.71 Å². The van der Waals surface area contributed by atoms with Crippen molar-refractivity contribution < 1.29 is 14.3 Å². The summed E-state index contributed by atoms with van der Waals surface area (Å²) in [7, 11) is 1.60. The van der Waals surface area contributed by atoms with E-state index in [0.29, 0.717) is 22.9 Å². The first-order valence-electron chi connectivity index (χ1n) is 4.58. The van der Waals surface area contributed by atoms with E-state index >= 15 is 0 Å². The number of likely N-dealkylation sites (N-methyl/N-ethyl adjacent to an activating group) is 1. The Hall–Kier alpha value is -2.18. The molecule has 7 nitrogen and oxygen atoms in total. The largest absolute Gasteiger partial charge is 0.480 e. The molecule has 0 aliphatic heterocycles. The second-order valence-electron chi connectivity index (χ2n) is 3.36. The highest BCUT2D eigenvalue weighted by Crippen LogP contribution is 2.16. The van der Waals surface area contributed by atoms with Crippen molar-refractivity contribution in [3.63, 3.8) is 0 Å². The van der Waals surface area contributed by atoms with Crippen molar-refractivity contribution in [1.29, 1.82) is 0 Å². The van der Waals surface area contributed by atoms with E-state index in [1.807, 2.05) is 0 Å². The van der Waals surface area contributed by atoms with Crippen LogP contribution >= 0.6 is 0 Å². The van der Waals surface area contributed by atoms with Crippen LogP contribution in [0.15, 0.2) is 10.8 Å². The normalized spacial score (nSPS) is 10.6. The Kier molecular flexibility index (Phi) is 2.43. The van der Waals surface area contributed by atoms with E-state index in [-0.39, 0.29) is 6.54 Å². The Labute approximate surface area is 90.7 Å². The molecular weight excluding hydrogens is 212 g/mol. The van der Waals surface area contributed by atoms with Gasteiger partial charge in [0, 0.05) is 7.05 Å². The Morgan fingerprint density at radius 1 is 1.56 bits per heavy atom. The first-order chi connectivity index (χ1) is 7.58. The molecule has 2 rings (SSSR count). The lowest BCUT2D eigenvalue weighted by Gasteiger charge is -2.13. The maximum atomic E-state index is 10.5. The summed E-state index contributed by atoms with van der Waals surface area (Å²) in [6.07, 6.45) is 1.29. The van der Waals surface area contributed by atoms with E-state index in [9.17, 15) is 4.79 Å². The number of hydrogen-bond donors (Lipinski definition) is 1. The van der Waals surface area contributed by atoms with Crippen LogP contribution in [-0.2, 0) is 4.79 Å². The number of fused-ring (bicyclic) bond motifs is 1. The number of rotatable bonds is 3. The predicted octanol–water partition coefficient (Wildman–Crippen LogP) is 0.447. The van der Waals surface area contributed by atoms with E-state index in [0.717, 1.165) is 0 Å². The lowest BCUT2D eigenvalue weighted by molar-refractivity contribution is -0.135. The Bertz CT molecular complexity index is 537. The van der Waals surface area contributed by atoms with Crippen LogP contribution in [0.2, 0.25) is 0 Å². The Balaban J connectivity index is 2.41. The maximum absolute atomic E-state index is 10.5. The molecular formula is C9H10N4O3. The highest BCUT2D eigenvalue weighted by Gasteiger charge is 2.13. The number of oxazole rings is 1. The summed E-state index contributed by atoms with van der Waals surface area (Å²) in [4.78, 5) is 24.2. The molecule has 0 aliphatic carbocycles. The molecule has 2 heterocycles. The number of carbonyl (C=O) groups is 1. The number of aliphatic carboxylic acids is 1. The van der Waals surface area contributed by atoms with Crippen LogP contribution in [0, 0.1) is 6.92 Å². The van der Waals surface area contributed by atoms with Gasteiger partial charge >= 0.3 is 5.97 Å². The molecule has 2 aromatic rings. The minimum Gasteiger partial charge on any atom is -0.480 e. The van der Waals surface area contributed by atoms with E-state index in [1.165, 1.54) is 11.3 Å². The fourth-order valence-electron chi connectivity index (χ4n) is 1.33. The number of hydrogen-bond acceptors (Lipinski definition) is 6. The van der Waals surface area contributed by atoms with Crippen LogP contribution in [0.1, 0.15) is 5.69 Å². The first-order valence-corrected chi connectivity index (χ1v) is 4.58. The number of carboxylic acid groups (broad SMARTS) is 1. The van der Waals surface area contributed by atoms with Gasteiger partial charge in [0.05, 0.1) is 5.69 Å². The standard InChI is InChI=1S/C9H10N4O3/c1-5-7-8(16-4-10-7)12-9(11-5)13(2)3-6(14)15/h4H,3H2,1-2H3,(H,14,15). The number of carboxylic acids is 1. The van der Waals surface area contributed by atoms with Crippen molar-refractivity contribution in [1.82, 2.24) is 15.0 Å². The lowest BCUT2D eigenvalue weighted by Crippen LogP contribution is -2.27. The second-order valence-corrected chi connectivity index (χ2v) is 3.36.